The molecule has 1 aromatic carbocycles. The summed E-state index contributed by atoms with van der Waals surface area (Å²) in [5.41, 5.74) is 2.30. The average molecular weight is 344 g/mol. The lowest BCUT2D eigenvalue weighted by atomic mass is 9.97. The maximum atomic E-state index is 12.9. The minimum atomic E-state index is -0.185. The molecule has 1 atom stereocenters. The van der Waals surface area contributed by atoms with Gasteiger partial charge in [-0.2, -0.15) is 0 Å². The summed E-state index contributed by atoms with van der Waals surface area (Å²) in [5.74, 6) is 1.48. The van der Waals surface area contributed by atoms with Crippen LogP contribution in [0, 0.1) is 5.92 Å². The standard InChI is InChI=1S/C19H24N2O4/c1-24-16-7-12-5-6-20(10-13(12)8-17(16)25-2)19(23)14-9-18(22)21(11-14)15-3-4-15/h7-8,14-15H,3-6,9-11H2,1-2H3. The number of carbonyl (C=O) groups excluding carboxylic acids is 2. The molecule has 134 valence electrons. The molecule has 6 heteroatoms. The number of methoxy groups -OCH3 is 2. The Morgan fingerprint density at radius 1 is 1.12 bits per heavy atom. The van der Waals surface area contributed by atoms with Gasteiger partial charge in [-0.1, -0.05) is 0 Å². The lowest BCUT2D eigenvalue weighted by Crippen LogP contribution is -2.40. The van der Waals surface area contributed by atoms with E-state index in [0.717, 1.165) is 30.6 Å². The third kappa shape index (κ3) is 2.94. The number of hydrogen-bond donors (Lipinski definition) is 0. The van der Waals surface area contributed by atoms with Crippen LogP contribution < -0.4 is 9.47 Å². The van der Waals surface area contributed by atoms with E-state index in [1.54, 1.807) is 14.2 Å². The zero-order valence-corrected chi connectivity index (χ0v) is 14.8. The largest absolute Gasteiger partial charge is 0.493 e. The highest BCUT2D eigenvalue weighted by molar-refractivity contribution is 5.89. The van der Waals surface area contributed by atoms with Crippen molar-refractivity contribution >= 4 is 11.8 Å². The monoisotopic (exact) mass is 344 g/mol. The summed E-state index contributed by atoms with van der Waals surface area (Å²) < 4.78 is 10.7. The molecule has 0 spiro atoms. The summed E-state index contributed by atoms with van der Waals surface area (Å²) in [7, 11) is 3.25. The first-order chi connectivity index (χ1) is 12.1. The molecule has 2 heterocycles. The summed E-state index contributed by atoms with van der Waals surface area (Å²) in [6.45, 7) is 1.86. The SMILES string of the molecule is COc1cc2c(cc1OC)CN(C(=O)C1CC(=O)N(C3CC3)C1)CC2. The number of ether oxygens (including phenoxy) is 2. The Labute approximate surface area is 147 Å². The van der Waals surface area contributed by atoms with Gasteiger partial charge in [0.1, 0.15) is 0 Å². The molecule has 2 fully saturated rings. The van der Waals surface area contributed by atoms with Crippen LogP contribution in [0.25, 0.3) is 0 Å². The normalized spacial score (nSPS) is 22.8. The minimum absolute atomic E-state index is 0.108. The maximum Gasteiger partial charge on any atom is 0.228 e. The summed E-state index contributed by atoms with van der Waals surface area (Å²) >= 11 is 0. The predicted molar refractivity (Wildman–Crippen MR) is 91.5 cm³/mol. The molecular formula is C19H24N2O4. The minimum Gasteiger partial charge on any atom is -0.493 e. The van der Waals surface area contributed by atoms with Crippen LogP contribution in [0.5, 0.6) is 11.5 Å². The van der Waals surface area contributed by atoms with Gasteiger partial charge in [0.15, 0.2) is 11.5 Å². The number of likely N-dealkylation sites (tertiary alicyclic amines) is 1. The summed E-state index contributed by atoms with van der Waals surface area (Å²) in [4.78, 5) is 28.8. The summed E-state index contributed by atoms with van der Waals surface area (Å²) in [6.07, 6.45) is 3.34. The van der Waals surface area contributed by atoms with Crippen LogP contribution in [0.4, 0.5) is 0 Å². The third-order valence-corrected chi connectivity index (χ3v) is 5.53. The van der Waals surface area contributed by atoms with Crippen LogP contribution >= 0.6 is 0 Å². The van der Waals surface area contributed by atoms with Crippen LogP contribution in [-0.2, 0) is 22.6 Å². The maximum absolute atomic E-state index is 12.9. The molecule has 6 nitrogen and oxygen atoms in total. The van der Waals surface area contributed by atoms with Gasteiger partial charge in [0, 0.05) is 32.1 Å². The van der Waals surface area contributed by atoms with Gasteiger partial charge in [-0.3, -0.25) is 9.59 Å². The molecule has 3 aliphatic rings. The Hall–Kier alpha value is -2.24. The Kier molecular flexibility index (Phi) is 4.06. The van der Waals surface area contributed by atoms with Crippen LogP contribution in [0.15, 0.2) is 12.1 Å². The van der Waals surface area contributed by atoms with Crippen molar-refractivity contribution in [3.63, 3.8) is 0 Å². The second-order valence-electron chi connectivity index (χ2n) is 7.16. The highest BCUT2D eigenvalue weighted by Crippen LogP contribution is 2.35. The van der Waals surface area contributed by atoms with Gasteiger partial charge in [-0.15, -0.1) is 0 Å². The van der Waals surface area contributed by atoms with Crippen molar-refractivity contribution < 1.29 is 19.1 Å². The van der Waals surface area contributed by atoms with Crippen molar-refractivity contribution in [2.45, 2.75) is 38.3 Å². The molecule has 1 saturated heterocycles. The van der Waals surface area contributed by atoms with Gasteiger partial charge in [-0.05, 0) is 42.5 Å². The number of fused-ring (bicyclic) bond motifs is 1. The van der Waals surface area contributed by atoms with E-state index >= 15 is 0 Å². The summed E-state index contributed by atoms with van der Waals surface area (Å²) in [6, 6.07) is 4.36. The highest BCUT2D eigenvalue weighted by Gasteiger charge is 2.43. The molecule has 0 N–H and O–H groups in total. The Bertz CT molecular complexity index is 714. The predicted octanol–water partition coefficient (Wildman–Crippen LogP) is 1.60. The number of benzene rings is 1. The van der Waals surface area contributed by atoms with Gasteiger partial charge in [0.05, 0.1) is 20.1 Å². The lowest BCUT2D eigenvalue weighted by molar-refractivity contribution is -0.136. The van der Waals surface area contributed by atoms with E-state index < -0.39 is 0 Å². The van der Waals surface area contributed by atoms with Gasteiger partial charge >= 0.3 is 0 Å². The van der Waals surface area contributed by atoms with E-state index in [1.165, 1.54) is 5.56 Å². The zero-order valence-electron chi connectivity index (χ0n) is 14.8. The van der Waals surface area contributed by atoms with Crippen molar-refractivity contribution in [2.75, 3.05) is 27.3 Å². The summed E-state index contributed by atoms with van der Waals surface area (Å²) in [5, 5.41) is 0. The molecule has 1 aliphatic carbocycles. The molecule has 25 heavy (non-hydrogen) atoms. The lowest BCUT2D eigenvalue weighted by Gasteiger charge is -2.31. The van der Waals surface area contributed by atoms with Crippen molar-refractivity contribution in [3.8, 4) is 11.5 Å². The van der Waals surface area contributed by atoms with Gasteiger partial charge in [-0.25, -0.2) is 0 Å². The zero-order chi connectivity index (χ0) is 17.6. The fourth-order valence-corrected chi connectivity index (χ4v) is 3.97. The topological polar surface area (TPSA) is 59.1 Å². The second kappa shape index (κ2) is 6.24. The van der Waals surface area contributed by atoms with Crippen LogP contribution in [-0.4, -0.2) is 55.0 Å². The number of rotatable bonds is 4. The Balaban J connectivity index is 1.48. The number of hydrogen-bond acceptors (Lipinski definition) is 4. The van der Waals surface area contributed by atoms with E-state index in [1.807, 2.05) is 21.9 Å². The first-order valence-electron chi connectivity index (χ1n) is 8.92. The fourth-order valence-electron chi connectivity index (χ4n) is 3.97. The molecule has 0 bridgehead atoms. The van der Waals surface area contributed by atoms with Gasteiger partial charge in [0.25, 0.3) is 0 Å². The van der Waals surface area contributed by atoms with Crippen molar-refractivity contribution in [1.82, 2.24) is 9.80 Å². The number of carbonyl (C=O) groups is 2. The fraction of sp³-hybridized carbons (Fsp3) is 0.579. The third-order valence-electron chi connectivity index (χ3n) is 5.53. The van der Waals surface area contributed by atoms with E-state index in [-0.39, 0.29) is 17.7 Å². The van der Waals surface area contributed by atoms with Crippen molar-refractivity contribution in [1.29, 1.82) is 0 Å². The van der Waals surface area contributed by atoms with Crippen molar-refractivity contribution in [2.24, 2.45) is 5.92 Å². The molecule has 2 aliphatic heterocycles. The molecule has 4 rings (SSSR count). The Morgan fingerprint density at radius 2 is 1.80 bits per heavy atom. The first kappa shape index (κ1) is 16.2. The van der Waals surface area contributed by atoms with Gasteiger partial charge < -0.3 is 19.3 Å². The molecule has 2 amide bonds. The quantitative estimate of drug-likeness (QED) is 0.832. The van der Waals surface area contributed by atoms with Gasteiger partial charge in [0.2, 0.25) is 11.8 Å². The first-order valence-corrected chi connectivity index (χ1v) is 8.92. The van der Waals surface area contributed by atoms with E-state index in [2.05, 4.69) is 0 Å². The van der Waals surface area contributed by atoms with Crippen LogP contribution in [0.3, 0.4) is 0 Å². The number of nitrogens with zero attached hydrogens (tertiary/aromatic N) is 2. The molecule has 0 radical (unpaired) electrons. The molecule has 1 aromatic rings. The van der Waals surface area contributed by atoms with Crippen LogP contribution in [0.1, 0.15) is 30.4 Å². The van der Waals surface area contributed by atoms with E-state index in [0.29, 0.717) is 37.8 Å². The molecule has 0 aromatic heterocycles. The molecular weight excluding hydrogens is 320 g/mol. The second-order valence-corrected chi connectivity index (χ2v) is 7.16. The smallest absolute Gasteiger partial charge is 0.228 e. The average Bonchev–Trinajstić information content (AvgIpc) is 3.41. The van der Waals surface area contributed by atoms with E-state index in [4.69, 9.17) is 9.47 Å². The Morgan fingerprint density at radius 3 is 2.44 bits per heavy atom. The highest BCUT2D eigenvalue weighted by atomic mass is 16.5. The molecule has 1 saturated carbocycles. The van der Waals surface area contributed by atoms with Crippen LogP contribution in [0.2, 0.25) is 0 Å². The van der Waals surface area contributed by atoms with Crippen molar-refractivity contribution in [3.05, 3.63) is 23.3 Å². The molecule has 1 unspecified atom stereocenters. The number of amides is 2. The van der Waals surface area contributed by atoms with E-state index in [9.17, 15) is 9.59 Å².